The number of rotatable bonds is 7. The summed E-state index contributed by atoms with van der Waals surface area (Å²) in [6.45, 7) is 0.0954. The lowest BCUT2D eigenvalue weighted by molar-refractivity contribution is -0.676. The van der Waals surface area contributed by atoms with E-state index in [1.807, 2.05) is 66.0 Å². The summed E-state index contributed by atoms with van der Waals surface area (Å²) >= 11 is 5.91. The van der Waals surface area contributed by atoms with Crippen molar-refractivity contribution in [3.05, 3.63) is 105 Å². The Balaban J connectivity index is 1.75. The van der Waals surface area contributed by atoms with Crippen LogP contribution in [-0.2, 0) is 4.79 Å². The zero-order valence-electron chi connectivity index (χ0n) is 14.9. The predicted molar refractivity (Wildman–Crippen MR) is 108 cm³/mol. The van der Waals surface area contributed by atoms with Crippen LogP contribution in [0.25, 0.3) is 0 Å². The highest BCUT2D eigenvalue weighted by atomic mass is 35.5. The van der Waals surface area contributed by atoms with Gasteiger partial charge in [-0.25, -0.2) is 0 Å². The number of carbonyl (C=O) groups excluding carboxylic acids is 1. The van der Waals surface area contributed by atoms with Gasteiger partial charge < -0.3 is 10.6 Å². The monoisotopic (exact) mass is 396 g/mol. The number of hydrogen-bond acceptors (Lipinski definition) is 3. The van der Waals surface area contributed by atoms with E-state index in [1.165, 1.54) is 18.2 Å². The van der Waals surface area contributed by atoms with Gasteiger partial charge in [0.2, 0.25) is 0 Å². The Morgan fingerprint density at radius 1 is 1.00 bits per heavy atom. The average Bonchev–Trinajstić information content (AvgIpc) is 2.69. The van der Waals surface area contributed by atoms with Crippen LogP contribution in [0.15, 0.2) is 78.9 Å². The number of nitrogens with two attached hydrogens (primary N) is 1. The van der Waals surface area contributed by atoms with Gasteiger partial charge in [0.1, 0.15) is 11.7 Å². The van der Waals surface area contributed by atoms with Gasteiger partial charge in [-0.3, -0.25) is 14.9 Å². The Hall–Kier alpha value is -3.22. The molecule has 0 atom stereocenters. The molecule has 0 heterocycles. The first-order valence-corrected chi connectivity index (χ1v) is 9.09. The SMILES string of the molecule is O=C(C[NH2+]C(c1ccccc1)c1ccccc1)Nc1cc(Cl)ccc1[N+](=O)[O-]. The van der Waals surface area contributed by atoms with Gasteiger partial charge in [-0.05, 0) is 12.1 Å². The number of halogens is 1. The summed E-state index contributed by atoms with van der Waals surface area (Å²) in [6.07, 6.45) is 0. The van der Waals surface area contributed by atoms with Crippen molar-refractivity contribution in [1.29, 1.82) is 0 Å². The highest BCUT2D eigenvalue weighted by Gasteiger charge is 2.21. The fourth-order valence-corrected chi connectivity index (χ4v) is 3.15. The second-order valence-electron chi connectivity index (χ2n) is 6.21. The summed E-state index contributed by atoms with van der Waals surface area (Å²) in [5.41, 5.74) is 2.03. The minimum absolute atomic E-state index is 0.0671. The van der Waals surface area contributed by atoms with E-state index < -0.39 is 4.92 Å². The van der Waals surface area contributed by atoms with Crippen molar-refractivity contribution in [1.82, 2.24) is 0 Å². The molecule has 0 aliphatic carbocycles. The molecule has 1 amide bonds. The molecule has 0 fully saturated rings. The molecule has 0 unspecified atom stereocenters. The Morgan fingerprint density at radius 3 is 2.11 bits per heavy atom. The third kappa shape index (κ3) is 4.94. The second kappa shape index (κ2) is 9.12. The van der Waals surface area contributed by atoms with Gasteiger partial charge in [-0.15, -0.1) is 0 Å². The molecule has 3 aromatic carbocycles. The summed E-state index contributed by atoms with van der Waals surface area (Å²) < 4.78 is 0. The number of nitrogens with one attached hydrogen (secondary N) is 1. The number of anilines is 1. The van der Waals surface area contributed by atoms with E-state index in [0.717, 1.165) is 11.1 Å². The van der Waals surface area contributed by atoms with E-state index in [0.29, 0.717) is 5.02 Å². The number of quaternary nitrogens is 1. The number of nitrogens with zero attached hydrogens (tertiary/aromatic N) is 1. The highest BCUT2D eigenvalue weighted by molar-refractivity contribution is 6.31. The smallest absolute Gasteiger partial charge is 0.292 e. The van der Waals surface area contributed by atoms with E-state index in [1.54, 1.807) is 0 Å². The maximum absolute atomic E-state index is 12.5. The van der Waals surface area contributed by atoms with Crippen molar-refractivity contribution in [2.75, 3.05) is 11.9 Å². The molecule has 0 aliphatic heterocycles. The van der Waals surface area contributed by atoms with Crippen molar-refractivity contribution in [2.24, 2.45) is 0 Å². The minimum atomic E-state index is -0.549. The van der Waals surface area contributed by atoms with E-state index >= 15 is 0 Å². The maximum Gasteiger partial charge on any atom is 0.292 e. The quantitative estimate of drug-likeness (QED) is 0.473. The Bertz CT molecular complexity index is 926. The van der Waals surface area contributed by atoms with Crippen LogP contribution >= 0.6 is 11.6 Å². The van der Waals surface area contributed by atoms with Crippen molar-refractivity contribution in [2.45, 2.75) is 6.04 Å². The zero-order valence-corrected chi connectivity index (χ0v) is 15.7. The summed E-state index contributed by atoms with van der Waals surface area (Å²) in [6, 6.07) is 23.7. The molecule has 0 saturated carbocycles. The molecule has 3 N–H and O–H groups in total. The number of carbonyl (C=O) groups is 1. The molecule has 0 aliphatic rings. The normalized spacial score (nSPS) is 10.6. The molecule has 28 heavy (non-hydrogen) atoms. The minimum Gasteiger partial charge on any atom is -0.328 e. The van der Waals surface area contributed by atoms with Gasteiger partial charge in [0.25, 0.3) is 11.6 Å². The standard InChI is InChI=1S/C21H18ClN3O3/c22-17-11-12-19(25(27)28)18(13-17)24-20(26)14-23-21(15-7-3-1-4-8-15)16-9-5-2-6-10-16/h1-13,21,23H,14H2,(H,24,26)/p+1. The average molecular weight is 397 g/mol. The van der Waals surface area contributed by atoms with E-state index in [4.69, 9.17) is 11.6 Å². The number of benzene rings is 3. The third-order valence-electron chi connectivity index (χ3n) is 4.29. The number of nitro groups is 1. The van der Waals surface area contributed by atoms with Crippen molar-refractivity contribution in [3.63, 3.8) is 0 Å². The van der Waals surface area contributed by atoms with Crippen LogP contribution < -0.4 is 10.6 Å². The van der Waals surface area contributed by atoms with Crippen LogP contribution in [-0.4, -0.2) is 17.4 Å². The van der Waals surface area contributed by atoms with Gasteiger partial charge in [0.15, 0.2) is 6.54 Å². The molecule has 3 rings (SSSR count). The van der Waals surface area contributed by atoms with Crippen molar-refractivity contribution in [3.8, 4) is 0 Å². The summed E-state index contributed by atoms with van der Waals surface area (Å²) in [7, 11) is 0. The van der Waals surface area contributed by atoms with Crippen molar-refractivity contribution < 1.29 is 15.0 Å². The number of nitro benzene ring substituents is 1. The van der Waals surface area contributed by atoms with Crippen LogP contribution in [0.2, 0.25) is 5.02 Å². The maximum atomic E-state index is 12.5. The molecular formula is C21H19ClN3O3+. The van der Waals surface area contributed by atoms with Gasteiger partial charge in [0, 0.05) is 22.2 Å². The summed E-state index contributed by atoms with van der Waals surface area (Å²) in [5.74, 6) is -0.345. The third-order valence-corrected chi connectivity index (χ3v) is 4.52. The highest BCUT2D eigenvalue weighted by Crippen LogP contribution is 2.27. The Labute approximate surface area is 167 Å². The van der Waals surface area contributed by atoms with Gasteiger partial charge in [-0.2, -0.15) is 0 Å². The van der Waals surface area contributed by atoms with Gasteiger partial charge in [-0.1, -0.05) is 72.3 Å². The molecule has 0 saturated heterocycles. The number of hydrogen-bond donors (Lipinski definition) is 2. The molecular weight excluding hydrogens is 378 g/mol. The zero-order chi connectivity index (χ0) is 19.9. The van der Waals surface area contributed by atoms with Crippen LogP contribution in [0, 0.1) is 10.1 Å². The molecule has 0 bridgehead atoms. The van der Waals surface area contributed by atoms with Crippen LogP contribution in [0.3, 0.4) is 0 Å². The van der Waals surface area contributed by atoms with Gasteiger partial charge in [0.05, 0.1) is 4.92 Å². The number of amides is 1. The topological polar surface area (TPSA) is 88.8 Å². The summed E-state index contributed by atoms with van der Waals surface area (Å²) in [4.78, 5) is 23.1. The first kappa shape index (κ1) is 19.5. The summed E-state index contributed by atoms with van der Waals surface area (Å²) in [5, 5.41) is 16.0. The molecule has 0 radical (unpaired) electrons. The first-order chi connectivity index (χ1) is 13.5. The first-order valence-electron chi connectivity index (χ1n) is 8.71. The second-order valence-corrected chi connectivity index (χ2v) is 6.64. The lowest BCUT2D eigenvalue weighted by atomic mass is 9.99. The lowest BCUT2D eigenvalue weighted by Crippen LogP contribution is -2.87. The van der Waals surface area contributed by atoms with E-state index in [2.05, 4.69) is 5.32 Å². The molecule has 0 spiro atoms. The largest absolute Gasteiger partial charge is 0.328 e. The van der Waals surface area contributed by atoms with Crippen molar-refractivity contribution >= 4 is 28.9 Å². The molecule has 6 nitrogen and oxygen atoms in total. The van der Waals surface area contributed by atoms with E-state index in [9.17, 15) is 14.9 Å². The van der Waals surface area contributed by atoms with Crippen LogP contribution in [0.4, 0.5) is 11.4 Å². The predicted octanol–water partition coefficient (Wildman–Crippen LogP) is 3.54. The lowest BCUT2D eigenvalue weighted by Gasteiger charge is -2.16. The molecule has 0 aromatic heterocycles. The van der Waals surface area contributed by atoms with Crippen LogP contribution in [0.5, 0.6) is 0 Å². The Morgan fingerprint density at radius 2 is 1.57 bits per heavy atom. The molecule has 3 aromatic rings. The van der Waals surface area contributed by atoms with E-state index in [-0.39, 0.29) is 29.9 Å². The molecule has 7 heteroatoms. The fraction of sp³-hybridized carbons (Fsp3) is 0.0952. The van der Waals surface area contributed by atoms with Crippen LogP contribution in [0.1, 0.15) is 17.2 Å². The van der Waals surface area contributed by atoms with Gasteiger partial charge >= 0.3 is 0 Å². The molecule has 142 valence electrons. The fourth-order valence-electron chi connectivity index (χ4n) is 2.98. The Kier molecular flexibility index (Phi) is 6.37.